The van der Waals surface area contributed by atoms with Crippen molar-refractivity contribution in [3.05, 3.63) is 5.38 Å². The van der Waals surface area contributed by atoms with Gasteiger partial charge in [0.2, 0.25) is 5.88 Å². The molecule has 1 aromatic heterocycles. The zero-order valence-electron chi connectivity index (χ0n) is 7.50. The molecule has 1 aromatic rings. The van der Waals surface area contributed by atoms with Crippen molar-refractivity contribution in [2.45, 2.75) is 6.10 Å². The number of hydrogen-bond acceptors (Lipinski definition) is 6. The third-order valence-electron chi connectivity index (χ3n) is 2.39. The Morgan fingerprint density at radius 1 is 1.57 bits per heavy atom. The maximum atomic E-state index is 9.54. The van der Waals surface area contributed by atoms with E-state index >= 15 is 0 Å². The first-order valence-electron chi connectivity index (χ1n) is 4.39. The van der Waals surface area contributed by atoms with Gasteiger partial charge in [-0.1, -0.05) is 0 Å². The van der Waals surface area contributed by atoms with Crippen molar-refractivity contribution in [1.29, 1.82) is 0 Å². The van der Waals surface area contributed by atoms with Gasteiger partial charge in [0.15, 0.2) is 5.13 Å². The molecule has 2 atom stereocenters. The van der Waals surface area contributed by atoms with Gasteiger partial charge in [0.05, 0.1) is 18.1 Å². The van der Waals surface area contributed by atoms with E-state index in [-0.39, 0.29) is 18.4 Å². The van der Waals surface area contributed by atoms with Gasteiger partial charge in [0, 0.05) is 19.0 Å². The van der Waals surface area contributed by atoms with E-state index in [0.717, 1.165) is 0 Å². The van der Waals surface area contributed by atoms with Crippen molar-refractivity contribution in [1.82, 2.24) is 4.98 Å². The molecule has 2 heterocycles. The lowest BCUT2D eigenvalue weighted by Gasteiger charge is -2.12. The van der Waals surface area contributed by atoms with Crippen molar-refractivity contribution < 1.29 is 15.3 Å². The predicted molar refractivity (Wildman–Crippen MR) is 52.6 cm³/mol. The largest absolute Gasteiger partial charge is 0.493 e. The van der Waals surface area contributed by atoms with Crippen LogP contribution in [0.2, 0.25) is 0 Å². The van der Waals surface area contributed by atoms with Crippen LogP contribution >= 0.6 is 11.3 Å². The Labute approximate surface area is 85.3 Å². The van der Waals surface area contributed by atoms with Crippen molar-refractivity contribution >= 4 is 16.5 Å². The quantitative estimate of drug-likeness (QED) is 0.629. The Balaban J connectivity index is 2.08. The molecule has 2 rings (SSSR count). The number of thiazole rings is 1. The SMILES string of the molecule is OCC1CN(c2nc(O)cs2)CC1O. The van der Waals surface area contributed by atoms with E-state index in [4.69, 9.17) is 10.2 Å². The second-order valence-electron chi connectivity index (χ2n) is 3.40. The monoisotopic (exact) mass is 216 g/mol. The Bertz CT molecular complexity index is 317. The van der Waals surface area contributed by atoms with Crippen LogP contribution in [0.3, 0.4) is 0 Å². The molecule has 0 aliphatic carbocycles. The summed E-state index contributed by atoms with van der Waals surface area (Å²) in [5.41, 5.74) is 0. The fourth-order valence-electron chi connectivity index (χ4n) is 1.59. The van der Waals surface area contributed by atoms with E-state index in [0.29, 0.717) is 18.2 Å². The molecule has 0 bridgehead atoms. The molecule has 5 nitrogen and oxygen atoms in total. The molecule has 0 radical (unpaired) electrons. The first-order chi connectivity index (χ1) is 6.70. The standard InChI is InChI=1S/C8H12N2O3S/c11-3-5-1-10(2-6(5)12)8-9-7(13)4-14-8/h4-6,11-13H,1-3H2. The van der Waals surface area contributed by atoms with Crippen LogP contribution < -0.4 is 4.90 Å². The summed E-state index contributed by atoms with van der Waals surface area (Å²) in [5.74, 6) is -0.104. The van der Waals surface area contributed by atoms with Gasteiger partial charge in [-0.05, 0) is 0 Å². The van der Waals surface area contributed by atoms with Gasteiger partial charge in [0.25, 0.3) is 0 Å². The first kappa shape index (κ1) is 9.70. The molecule has 1 aliphatic heterocycles. The summed E-state index contributed by atoms with van der Waals surface area (Å²) in [4.78, 5) is 5.77. The molecule has 14 heavy (non-hydrogen) atoms. The first-order valence-corrected chi connectivity index (χ1v) is 5.27. The second kappa shape index (κ2) is 3.72. The highest BCUT2D eigenvalue weighted by Crippen LogP contribution is 2.28. The van der Waals surface area contributed by atoms with E-state index in [1.54, 1.807) is 5.38 Å². The molecular formula is C8H12N2O3S. The third-order valence-corrected chi connectivity index (χ3v) is 3.28. The van der Waals surface area contributed by atoms with Crippen LogP contribution in [0.1, 0.15) is 0 Å². The Morgan fingerprint density at radius 3 is 2.86 bits per heavy atom. The number of rotatable bonds is 2. The normalized spacial score (nSPS) is 27.1. The molecule has 0 amide bonds. The maximum absolute atomic E-state index is 9.54. The fourth-order valence-corrected chi connectivity index (χ4v) is 2.30. The van der Waals surface area contributed by atoms with Crippen LogP contribution in [0.15, 0.2) is 5.38 Å². The number of aromatic nitrogens is 1. The summed E-state index contributed by atoms with van der Waals surface area (Å²) >= 11 is 1.33. The summed E-state index contributed by atoms with van der Waals surface area (Å²) in [7, 11) is 0. The smallest absolute Gasteiger partial charge is 0.223 e. The Hall–Kier alpha value is -0.850. The molecule has 3 N–H and O–H groups in total. The van der Waals surface area contributed by atoms with E-state index in [1.807, 2.05) is 4.90 Å². The van der Waals surface area contributed by atoms with Crippen molar-refractivity contribution in [2.24, 2.45) is 5.92 Å². The molecule has 1 aliphatic rings. The molecule has 1 saturated heterocycles. The molecule has 0 saturated carbocycles. The molecular weight excluding hydrogens is 204 g/mol. The average molecular weight is 216 g/mol. The Kier molecular flexibility index (Phi) is 2.58. The fraction of sp³-hybridized carbons (Fsp3) is 0.625. The topological polar surface area (TPSA) is 76.8 Å². The number of anilines is 1. The highest BCUT2D eigenvalue weighted by molar-refractivity contribution is 7.13. The van der Waals surface area contributed by atoms with E-state index in [1.165, 1.54) is 11.3 Å². The number of nitrogens with zero attached hydrogens (tertiary/aromatic N) is 2. The van der Waals surface area contributed by atoms with Gasteiger partial charge in [-0.15, -0.1) is 11.3 Å². The number of aliphatic hydroxyl groups is 2. The summed E-state index contributed by atoms with van der Waals surface area (Å²) < 4.78 is 0. The summed E-state index contributed by atoms with van der Waals surface area (Å²) in [5, 5.41) is 29.8. The zero-order chi connectivity index (χ0) is 10.1. The van der Waals surface area contributed by atoms with Crippen LogP contribution in [0.5, 0.6) is 5.88 Å². The van der Waals surface area contributed by atoms with Gasteiger partial charge < -0.3 is 20.2 Å². The van der Waals surface area contributed by atoms with Gasteiger partial charge in [-0.3, -0.25) is 0 Å². The molecule has 0 spiro atoms. The van der Waals surface area contributed by atoms with Gasteiger partial charge in [-0.2, -0.15) is 4.98 Å². The van der Waals surface area contributed by atoms with Crippen LogP contribution in [-0.2, 0) is 0 Å². The predicted octanol–water partition coefficient (Wildman–Crippen LogP) is -0.362. The molecule has 6 heteroatoms. The Morgan fingerprint density at radius 2 is 2.36 bits per heavy atom. The summed E-state index contributed by atoms with van der Waals surface area (Å²) in [6.07, 6.45) is -0.508. The lowest BCUT2D eigenvalue weighted by Crippen LogP contribution is -2.21. The summed E-state index contributed by atoms with van der Waals surface area (Å²) in [6.45, 7) is 1.04. The molecule has 2 unspecified atom stereocenters. The number of aromatic hydroxyl groups is 1. The lowest BCUT2D eigenvalue weighted by atomic mass is 10.1. The average Bonchev–Trinajstić information content (AvgIpc) is 2.71. The van der Waals surface area contributed by atoms with Crippen molar-refractivity contribution in [3.8, 4) is 5.88 Å². The lowest BCUT2D eigenvalue weighted by molar-refractivity contribution is 0.104. The van der Waals surface area contributed by atoms with Crippen LogP contribution in [0, 0.1) is 5.92 Å². The van der Waals surface area contributed by atoms with Crippen LogP contribution in [0.4, 0.5) is 5.13 Å². The van der Waals surface area contributed by atoms with Crippen LogP contribution in [-0.4, -0.2) is 46.1 Å². The second-order valence-corrected chi connectivity index (χ2v) is 4.24. The summed E-state index contributed by atoms with van der Waals surface area (Å²) in [6, 6.07) is 0. The minimum atomic E-state index is -0.508. The van der Waals surface area contributed by atoms with Gasteiger partial charge in [-0.25, -0.2) is 0 Å². The van der Waals surface area contributed by atoms with Gasteiger partial charge >= 0.3 is 0 Å². The number of aliphatic hydroxyl groups excluding tert-OH is 2. The van der Waals surface area contributed by atoms with E-state index in [9.17, 15) is 5.11 Å². The third kappa shape index (κ3) is 1.68. The zero-order valence-corrected chi connectivity index (χ0v) is 8.31. The minimum Gasteiger partial charge on any atom is -0.493 e. The highest BCUT2D eigenvalue weighted by Gasteiger charge is 2.32. The van der Waals surface area contributed by atoms with Crippen molar-refractivity contribution in [3.63, 3.8) is 0 Å². The van der Waals surface area contributed by atoms with Crippen molar-refractivity contribution in [2.75, 3.05) is 24.6 Å². The highest BCUT2D eigenvalue weighted by atomic mass is 32.1. The molecule has 78 valence electrons. The number of hydrogen-bond donors (Lipinski definition) is 3. The molecule has 0 aromatic carbocycles. The van der Waals surface area contributed by atoms with E-state index < -0.39 is 6.10 Å². The number of β-amino-alcohol motifs (C(OH)–C–C–N with tert-alkyl or cyclic N) is 1. The maximum Gasteiger partial charge on any atom is 0.223 e. The van der Waals surface area contributed by atoms with E-state index in [2.05, 4.69) is 4.98 Å². The van der Waals surface area contributed by atoms with Crippen LogP contribution in [0.25, 0.3) is 0 Å². The minimum absolute atomic E-state index is 0.00642. The van der Waals surface area contributed by atoms with Gasteiger partial charge in [0.1, 0.15) is 0 Å². The molecule has 1 fully saturated rings.